The van der Waals surface area contributed by atoms with Crippen molar-refractivity contribution in [3.8, 4) is 17.6 Å². The van der Waals surface area contributed by atoms with E-state index in [0.29, 0.717) is 22.8 Å². The predicted molar refractivity (Wildman–Crippen MR) is 84.4 cm³/mol. The van der Waals surface area contributed by atoms with Crippen LogP contribution >= 0.6 is 0 Å². The van der Waals surface area contributed by atoms with Crippen molar-refractivity contribution >= 4 is 11.6 Å². The Morgan fingerprint density at radius 2 is 2.12 bits per heavy atom. The smallest absolute Gasteiger partial charge is 0.262 e. The highest BCUT2D eigenvalue weighted by molar-refractivity contribution is 5.93. The summed E-state index contributed by atoms with van der Waals surface area (Å²) in [6, 6.07) is 11.9. The molecule has 0 unspecified atom stereocenters. The lowest BCUT2D eigenvalue weighted by Gasteiger charge is -2.10. The molecule has 1 N–H and O–H groups in total. The van der Waals surface area contributed by atoms with Crippen molar-refractivity contribution in [1.29, 1.82) is 5.26 Å². The van der Waals surface area contributed by atoms with Gasteiger partial charge in [-0.3, -0.25) is 4.79 Å². The van der Waals surface area contributed by atoms with Gasteiger partial charge in [0.2, 0.25) is 0 Å². The third kappa shape index (κ3) is 3.53. The Balaban J connectivity index is 1.64. The molecule has 0 saturated carbocycles. The van der Waals surface area contributed by atoms with E-state index in [2.05, 4.69) is 20.4 Å². The Hall–Kier alpha value is -3.73. The number of amides is 1. The van der Waals surface area contributed by atoms with Gasteiger partial charge in [-0.1, -0.05) is 0 Å². The van der Waals surface area contributed by atoms with Crippen LogP contribution in [0.25, 0.3) is 5.82 Å². The minimum Gasteiger partial charge on any atom is -0.484 e. The molecule has 0 saturated heterocycles. The van der Waals surface area contributed by atoms with Crippen LogP contribution in [0, 0.1) is 11.3 Å². The molecule has 0 atom stereocenters. The van der Waals surface area contributed by atoms with Crippen LogP contribution in [0.2, 0.25) is 0 Å². The third-order valence-corrected chi connectivity index (χ3v) is 3.05. The lowest BCUT2D eigenvalue weighted by atomic mass is 10.2. The van der Waals surface area contributed by atoms with Crippen molar-refractivity contribution in [1.82, 2.24) is 19.7 Å². The second kappa shape index (κ2) is 7.02. The summed E-state index contributed by atoms with van der Waals surface area (Å²) < 4.78 is 6.85. The molecule has 2 aromatic heterocycles. The molecule has 3 rings (SSSR count). The van der Waals surface area contributed by atoms with E-state index in [4.69, 9.17) is 10.00 Å². The molecule has 0 spiro atoms. The standard InChI is InChI=1S/C16H12N6O2/c17-8-12-3-5-13(6-4-12)24-9-15(23)21-14-2-1-7-19-16(14)22-11-18-10-20-22/h1-7,10-11H,9H2,(H,21,23). The Morgan fingerprint density at radius 1 is 1.29 bits per heavy atom. The van der Waals surface area contributed by atoms with E-state index >= 15 is 0 Å². The van der Waals surface area contributed by atoms with E-state index in [1.807, 2.05) is 6.07 Å². The zero-order valence-electron chi connectivity index (χ0n) is 12.5. The van der Waals surface area contributed by atoms with Crippen LogP contribution in [0.1, 0.15) is 5.56 Å². The van der Waals surface area contributed by atoms with E-state index < -0.39 is 0 Å². The maximum Gasteiger partial charge on any atom is 0.262 e. The fraction of sp³-hybridized carbons (Fsp3) is 0.0625. The fourth-order valence-electron chi connectivity index (χ4n) is 1.96. The number of nitrogens with one attached hydrogen (secondary N) is 1. The summed E-state index contributed by atoms with van der Waals surface area (Å²) in [7, 11) is 0. The van der Waals surface area contributed by atoms with Gasteiger partial charge in [0.15, 0.2) is 12.4 Å². The molecular formula is C16H12N6O2. The summed E-state index contributed by atoms with van der Waals surface area (Å²) in [6.07, 6.45) is 4.47. The minimum atomic E-state index is -0.339. The van der Waals surface area contributed by atoms with Gasteiger partial charge in [-0.2, -0.15) is 10.4 Å². The van der Waals surface area contributed by atoms with Gasteiger partial charge in [-0.15, -0.1) is 0 Å². The molecule has 0 fully saturated rings. The van der Waals surface area contributed by atoms with Gasteiger partial charge in [0.25, 0.3) is 5.91 Å². The van der Waals surface area contributed by atoms with Crippen molar-refractivity contribution in [3.05, 3.63) is 60.8 Å². The van der Waals surface area contributed by atoms with Crippen LogP contribution in [-0.4, -0.2) is 32.3 Å². The summed E-state index contributed by atoms with van der Waals surface area (Å²) in [5, 5.41) is 15.5. The summed E-state index contributed by atoms with van der Waals surface area (Å²) in [5.74, 6) is 0.627. The Morgan fingerprint density at radius 3 is 2.83 bits per heavy atom. The van der Waals surface area contributed by atoms with Gasteiger partial charge in [0, 0.05) is 6.20 Å². The monoisotopic (exact) mass is 320 g/mol. The molecule has 0 bridgehead atoms. The van der Waals surface area contributed by atoms with Crippen molar-refractivity contribution < 1.29 is 9.53 Å². The summed E-state index contributed by atoms with van der Waals surface area (Å²) in [5.41, 5.74) is 1.02. The Bertz CT molecular complexity index is 868. The maximum absolute atomic E-state index is 12.1. The first-order chi connectivity index (χ1) is 11.8. The minimum absolute atomic E-state index is 0.169. The molecule has 0 aliphatic heterocycles. The number of nitriles is 1. The number of hydrogen-bond acceptors (Lipinski definition) is 6. The van der Waals surface area contributed by atoms with Gasteiger partial charge in [-0.25, -0.2) is 14.6 Å². The lowest BCUT2D eigenvalue weighted by molar-refractivity contribution is -0.118. The van der Waals surface area contributed by atoms with Crippen LogP contribution in [0.4, 0.5) is 5.69 Å². The maximum atomic E-state index is 12.1. The summed E-state index contributed by atoms with van der Waals surface area (Å²) >= 11 is 0. The number of hydrogen-bond donors (Lipinski definition) is 1. The average molecular weight is 320 g/mol. The van der Waals surface area contributed by atoms with Gasteiger partial charge >= 0.3 is 0 Å². The van der Waals surface area contributed by atoms with Crippen molar-refractivity contribution in [2.45, 2.75) is 0 Å². The zero-order chi connectivity index (χ0) is 16.8. The lowest BCUT2D eigenvalue weighted by Crippen LogP contribution is -2.21. The quantitative estimate of drug-likeness (QED) is 0.764. The summed E-state index contributed by atoms with van der Waals surface area (Å²) in [4.78, 5) is 20.1. The van der Waals surface area contributed by atoms with Gasteiger partial charge in [0.1, 0.15) is 18.4 Å². The highest BCUT2D eigenvalue weighted by Crippen LogP contribution is 2.16. The van der Waals surface area contributed by atoms with Gasteiger partial charge in [-0.05, 0) is 36.4 Å². The number of ether oxygens (including phenoxy) is 1. The number of nitrogens with zero attached hydrogens (tertiary/aromatic N) is 5. The molecule has 0 aliphatic rings. The average Bonchev–Trinajstić information content (AvgIpc) is 3.15. The van der Waals surface area contributed by atoms with E-state index in [9.17, 15) is 4.79 Å². The molecule has 24 heavy (non-hydrogen) atoms. The van der Waals surface area contributed by atoms with Crippen LogP contribution in [0.5, 0.6) is 5.75 Å². The van der Waals surface area contributed by atoms with Crippen molar-refractivity contribution in [2.24, 2.45) is 0 Å². The first kappa shape index (κ1) is 15.2. The molecule has 8 nitrogen and oxygen atoms in total. The largest absolute Gasteiger partial charge is 0.484 e. The predicted octanol–water partition coefficient (Wildman–Crippen LogP) is 1.55. The van der Waals surface area contributed by atoms with E-state index in [0.717, 1.165) is 0 Å². The highest BCUT2D eigenvalue weighted by Gasteiger charge is 2.10. The number of aromatic nitrogens is 4. The SMILES string of the molecule is N#Cc1ccc(OCC(=O)Nc2cccnc2-n2cncn2)cc1. The van der Waals surface area contributed by atoms with E-state index in [1.165, 1.54) is 17.3 Å². The fourth-order valence-corrected chi connectivity index (χ4v) is 1.96. The number of rotatable bonds is 5. The second-order valence-electron chi connectivity index (χ2n) is 4.69. The van der Waals surface area contributed by atoms with Gasteiger partial charge < -0.3 is 10.1 Å². The molecule has 8 heteroatoms. The van der Waals surface area contributed by atoms with Gasteiger partial charge in [0.05, 0.1) is 17.3 Å². The normalized spacial score (nSPS) is 9.96. The van der Waals surface area contributed by atoms with Crippen LogP contribution < -0.4 is 10.1 Å². The Kier molecular flexibility index (Phi) is 4.44. The number of carbonyl (C=O) groups is 1. The second-order valence-corrected chi connectivity index (χ2v) is 4.69. The topological polar surface area (TPSA) is 106 Å². The zero-order valence-corrected chi connectivity index (χ0v) is 12.5. The number of anilines is 1. The Labute approximate surface area is 137 Å². The van der Waals surface area contributed by atoms with Crippen LogP contribution in [0.3, 0.4) is 0 Å². The molecular weight excluding hydrogens is 308 g/mol. The molecule has 2 heterocycles. The molecule has 0 aliphatic carbocycles. The van der Waals surface area contributed by atoms with E-state index in [-0.39, 0.29) is 12.5 Å². The number of carbonyl (C=O) groups excluding carboxylic acids is 1. The number of pyridine rings is 1. The van der Waals surface area contributed by atoms with Crippen LogP contribution in [-0.2, 0) is 4.79 Å². The third-order valence-electron chi connectivity index (χ3n) is 3.05. The summed E-state index contributed by atoms with van der Waals surface area (Å²) in [6.45, 7) is -0.169. The molecule has 1 amide bonds. The van der Waals surface area contributed by atoms with Crippen molar-refractivity contribution in [3.63, 3.8) is 0 Å². The molecule has 1 aromatic carbocycles. The van der Waals surface area contributed by atoms with Crippen LogP contribution in [0.15, 0.2) is 55.2 Å². The molecule has 3 aromatic rings. The number of benzene rings is 1. The molecule has 0 radical (unpaired) electrons. The first-order valence-corrected chi connectivity index (χ1v) is 6.99. The van der Waals surface area contributed by atoms with Crippen molar-refractivity contribution in [2.75, 3.05) is 11.9 Å². The molecule has 118 valence electrons. The first-order valence-electron chi connectivity index (χ1n) is 6.99. The van der Waals surface area contributed by atoms with E-state index in [1.54, 1.807) is 42.6 Å². The highest BCUT2D eigenvalue weighted by atomic mass is 16.5.